The van der Waals surface area contributed by atoms with Crippen LogP contribution in [0, 0.1) is 0 Å². The minimum absolute atomic E-state index is 0.0522. The molecule has 6 heteroatoms. The third-order valence-corrected chi connectivity index (χ3v) is 3.46. The van der Waals surface area contributed by atoms with Gasteiger partial charge < -0.3 is 10.2 Å². The number of carbonyl (C=O) groups is 2. The summed E-state index contributed by atoms with van der Waals surface area (Å²) in [6.45, 7) is 5.66. The van der Waals surface area contributed by atoms with Crippen LogP contribution in [0.25, 0.3) is 0 Å². The van der Waals surface area contributed by atoms with Crippen LogP contribution in [0.5, 0.6) is 0 Å². The van der Waals surface area contributed by atoms with Crippen LogP contribution in [0.3, 0.4) is 0 Å². The van der Waals surface area contributed by atoms with Gasteiger partial charge in [-0.3, -0.25) is 9.59 Å². The lowest BCUT2D eigenvalue weighted by atomic mass is 10.2. The summed E-state index contributed by atoms with van der Waals surface area (Å²) in [5.74, 6) is -0.282. The maximum atomic E-state index is 11.9. The molecule has 0 unspecified atom stereocenters. The third kappa shape index (κ3) is 4.69. The van der Waals surface area contributed by atoms with Gasteiger partial charge in [-0.1, -0.05) is 29.3 Å². The summed E-state index contributed by atoms with van der Waals surface area (Å²) in [7, 11) is 0. The monoisotopic (exact) mass is 316 g/mol. The molecular formula is C14H18Cl2N2O2. The van der Waals surface area contributed by atoms with E-state index < -0.39 is 0 Å². The van der Waals surface area contributed by atoms with Crippen molar-refractivity contribution in [3.8, 4) is 0 Å². The average Bonchev–Trinajstić information content (AvgIpc) is 2.33. The fourth-order valence-corrected chi connectivity index (χ4v) is 2.31. The van der Waals surface area contributed by atoms with Crippen LogP contribution in [0.2, 0.25) is 10.0 Å². The molecule has 0 aliphatic carbocycles. The number of amides is 2. The van der Waals surface area contributed by atoms with Crippen LogP contribution in [0.4, 0.5) is 5.69 Å². The molecule has 0 atom stereocenters. The van der Waals surface area contributed by atoms with Crippen molar-refractivity contribution in [3.05, 3.63) is 28.2 Å². The molecule has 0 spiro atoms. The quantitative estimate of drug-likeness (QED) is 0.902. The summed E-state index contributed by atoms with van der Waals surface area (Å²) in [6, 6.07) is 5.07. The summed E-state index contributed by atoms with van der Waals surface area (Å²) < 4.78 is 0. The number of carbonyl (C=O) groups excluding carboxylic acids is 2. The number of hydrogen-bond donors (Lipinski definition) is 1. The van der Waals surface area contributed by atoms with Crippen LogP contribution in [0.15, 0.2) is 18.2 Å². The first-order valence-corrected chi connectivity index (χ1v) is 7.09. The number of benzene rings is 1. The highest BCUT2D eigenvalue weighted by atomic mass is 35.5. The lowest BCUT2D eigenvalue weighted by Gasteiger charge is -2.25. The highest BCUT2D eigenvalue weighted by Crippen LogP contribution is 2.29. The average molecular weight is 317 g/mol. The van der Waals surface area contributed by atoms with E-state index in [1.54, 1.807) is 23.1 Å². The first kappa shape index (κ1) is 16.8. The van der Waals surface area contributed by atoms with Crippen LogP contribution < -0.4 is 5.32 Å². The van der Waals surface area contributed by atoms with Crippen LogP contribution in [-0.2, 0) is 9.59 Å². The van der Waals surface area contributed by atoms with Gasteiger partial charge in [0, 0.05) is 25.9 Å². The minimum atomic E-state index is -0.230. The molecule has 4 nitrogen and oxygen atoms in total. The number of hydrogen-bond acceptors (Lipinski definition) is 2. The summed E-state index contributed by atoms with van der Waals surface area (Å²) in [5, 5.41) is 3.45. The van der Waals surface area contributed by atoms with Crippen LogP contribution in [0.1, 0.15) is 27.2 Å². The van der Waals surface area contributed by atoms with Gasteiger partial charge in [-0.25, -0.2) is 0 Å². The molecule has 0 fully saturated rings. The Morgan fingerprint density at radius 1 is 1.25 bits per heavy atom. The molecule has 2 amide bonds. The highest BCUT2D eigenvalue weighted by Gasteiger charge is 2.15. The van der Waals surface area contributed by atoms with E-state index in [1.165, 1.54) is 6.92 Å². The first-order chi connectivity index (χ1) is 9.32. The number of anilines is 1. The second kappa shape index (κ2) is 7.50. The Morgan fingerprint density at radius 2 is 1.80 bits per heavy atom. The normalized spacial score (nSPS) is 10.5. The molecule has 110 valence electrons. The number of nitrogens with one attached hydrogen (secondary N) is 1. The van der Waals surface area contributed by atoms with Crippen molar-refractivity contribution in [3.63, 3.8) is 0 Å². The zero-order chi connectivity index (χ0) is 15.3. The molecule has 20 heavy (non-hydrogen) atoms. The molecule has 0 aromatic heterocycles. The van der Waals surface area contributed by atoms with Crippen molar-refractivity contribution in [2.24, 2.45) is 0 Å². The summed E-state index contributed by atoms with van der Waals surface area (Å²) >= 11 is 11.9. The molecule has 1 N–H and O–H groups in total. The number of halogens is 2. The van der Waals surface area contributed by atoms with Gasteiger partial charge >= 0.3 is 0 Å². The molecule has 0 saturated heterocycles. The molecule has 1 aromatic carbocycles. The molecule has 0 saturated carbocycles. The molecule has 0 radical (unpaired) electrons. The van der Waals surface area contributed by atoms with Gasteiger partial charge in [0.15, 0.2) is 0 Å². The largest absolute Gasteiger partial charge is 0.340 e. The fourth-order valence-electron chi connectivity index (χ4n) is 1.82. The molecule has 1 rings (SSSR count). The lowest BCUT2D eigenvalue weighted by Crippen LogP contribution is -2.37. The van der Waals surface area contributed by atoms with Gasteiger partial charge in [-0.15, -0.1) is 0 Å². The molecule has 0 heterocycles. The van der Waals surface area contributed by atoms with Gasteiger partial charge in [0.2, 0.25) is 11.8 Å². The Labute approximate surface area is 129 Å². The van der Waals surface area contributed by atoms with Crippen LogP contribution in [-0.4, -0.2) is 29.3 Å². The van der Waals surface area contributed by atoms with Gasteiger partial charge in [0.25, 0.3) is 0 Å². The number of nitrogens with zero attached hydrogens (tertiary/aromatic N) is 1. The van der Waals surface area contributed by atoms with E-state index in [4.69, 9.17) is 23.2 Å². The highest BCUT2D eigenvalue weighted by molar-refractivity contribution is 6.39. The minimum Gasteiger partial charge on any atom is -0.340 e. The van der Waals surface area contributed by atoms with E-state index >= 15 is 0 Å². The SMILES string of the molecule is CC(=O)N(CCC(=O)Nc1c(Cl)cccc1Cl)C(C)C. The Kier molecular flexibility index (Phi) is 6.30. The second-order valence-electron chi connectivity index (χ2n) is 4.70. The number of para-hydroxylation sites is 1. The van der Waals surface area contributed by atoms with E-state index in [1.807, 2.05) is 13.8 Å². The van der Waals surface area contributed by atoms with E-state index in [2.05, 4.69) is 5.32 Å². The molecule has 0 bridgehead atoms. The van der Waals surface area contributed by atoms with Crippen molar-refractivity contribution in [1.82, 2.24) is 4.90 Å². The molecular weight excluding hydrogens is 299 g/mol. The zero-order valence-corrected chi connectivity index (χ0v) is 13.3. The van der Waals surface area contributed by atoms with Crippen molar-refractivity contribution in [2.45, 2.75) is 33.2 Å². The van der Waals surface area contributed by atoms with Gasteiger partial charge in [0.1, 0.15) is 0 Å². The topological polar surface area (TPSA) is 49.4 Å². The molecule has 1 aromatic rings. The van der Waals surface area contributed by atoms with Gasteiger partial charge in [-0.05, 0) is 26.0 Å². The smallest absolute Gasteiger partial charge is 0.226 e. The molecule has 0 aliphatic heterocycles. The van der Waals surface area contributed by atoms with Crippen molar-refractivity contribution in [1.29, 1.82) is 0 Å². The Morgan fingerprint density at radius 3 is 2.25 bits per heavy atom. The predicted octanol–water partition coefficient (Wildman–Crippen LogP) is 3.58. The maximum absolute atomic E-state index is 11.9. The third-order valence-electron chi connectivity index (χ3n) is 2.83. The van der Waals surface area contributed by atoms with Crippen LogP contribution >= 0.6 is 23.2 Å². The van der Waals surface area contributed by atoms with E-state index in [0.717, 1.165) is 0 Å². The second-order valence-corrected chi connectivity index (χ2v) is 5.52. The molecule has 0 aliphatic rings. The Bertz CT molecular complexity index is 484. The van der Waals surface area contributed by atoms with Gasteiger partial charge in [0.05, 0.1) is 15.7 Å². The number of rotatable bonds is 5. The summed E-state index contributed by atoms with van der Waals surface area (Å²) in [6.07, 6.45) is 0.194. The maximum Gasteiger partial charge on any atom is 0.226 e. The lowest BCUT2D eigenvalue weighted by molar-refractivity contribution is -0.130. The summed E-state index contributed by atoms with van der Waals surface area (Å²) in [5.41, 5.74) is 0.403. The van der Waals surface area contributed by atoms with E-state index in [9.17, 15) is 9.59 Å². The van der Waals surface area contributed by atoms with Crippen molar-refractivity contribution in [2.75, 3.05) is 11.9 Å². The van der Waals surface area contributed by atoms with E-state index in [-0.39, 0.29) is 24.3 Å². The predicted molar refractivity (Wildman–Crippen MR) is 82.2 cm³/mol. The van der Waals surface area contributed by atoms with Gasteiger partial charge in [-0.2, -0.15) is 0 Å². The standard InChI is InChI=1S/C14H18Cl2N2O2/c1-9(2)18(10(3)19)8-7-13(20)17-14-11(15)5-4-6-12(14)16/h4-6,9H,7-8H2,1-3H3,(H,17,20). The van der Waals surface area contributed by atoms with Crippen molar-refractivity contribution < 1.29 is 9.59 Å². The zero-order valence-electron chi connectivity index (χ0n) is 11.7. The Balaban J connectivity index is 2.62. The Hall–Kier alpha value is -1.26. The van der Waals surface area contributed by atoms with E-state index in [0.29, 0.717) is 22.3 Å². The fraction of sp³-hybridized carbons (Fsp3) is 0.429. The summed E-state index contributed by atoms with van der Waals surface area (Å²) in [4.78, 5) is 24.9. The van der Waals surface area contributed by atoms with Crippen molar-refractivity contribution >= 4 is 40.7 Å². The first-order valence-electron chi connectivity index (χ1n) is 6.34.